The molecule has 0 N–H and O–H groups in total. The first-order chi connectivity index (χ1) is 7.12. The lowest BCUT2D eigenvalue weighted by molar-refractivity contribution is -0.254. The Morgan fingerprint density at radius 2 is 1.93 bits per heavy atom. The van der Waals surface area contributed by atoms with E-state index in [9.17, 15) is 9.59 Å². The first-order valence-corrected chi connectivity index (χ1v) is 4.64. The summed E-state index contributed by atoms with van der Waals surface area (Å²) in [6.07, 6.45) is 2.36. The Kier molecular flexibility index (Phi) is 13.6. The minimum Gasteiger partial charge on any atom is -0.463 e. The van der Waals surface area contributed by atoms with Crippen LogP contribution in [-0.2, 0) is 24.1 Å². The third kappa shape index (κ3) is 15.4. The van der Waals surface area contributed by atoms with Crippen LogP contribution in [0.1, 0.15) is 26.7 Å². The first-order valence-electron chi connectivity index (χ1n) is 4.64. The molecule has 88 valence electrons. The Balaban J connectivity index is 0. The molecule has 0 fully saturated rings. The molecule has 0 aromatic carbocycles. The van der Waals surface area contributed by atoms with Crippen LogP contribution < -0.4 is 0 Å². The van der Waals surface area contributed by atoms with Crippen LogP contribution in [0.25, 0.3) is 0 Å². The fourth-order valence-electron chi connectivity index (χ4n) is 0.540. The quantitative estimate of drug-likeness (QED) is 0.304. The molecule has 0 saturated carbocycles. The number of hydrogen-bond donors (Lipinski definition) is 0. The van der Waals surface area contributed by atoms with E-state index in [4.69, 9.17) is 0 Å². The van der Waals surface area contributed by atoms with Gasteiger partial charge >= 0.3 is 11.9 Å². The maximum atomic E-state index is 10.3. The fourth-order valence-corrected chi connectivity index (χ4v) is 0.540. The Bertz CT molecular complexity index is 180. The van der Waals surface area contributed by atoms with Crippen LogP contribution >= 0.6 is 0 Å². The molecule has 0 bridgehead atoms. The highest BCUT2D eigenvalue weighted by molar-refractivity contribution is 5.81. The summed E-state index contributed by atoms with van der Waals surface area (Å²) in [6.45, 7) is 7.28. The van der Waals surface area contributed by atoms with Gasteiger partial charge in [-0.1, -0.05) is 13.5 Å². The second-order valence-electron chi connectivity index (χ2n) is 2.33. The predicted molar refractivity (Wildman–Crippen MR) is 54.8 cm³/mol. The van der Waals surface area contributed by atoms with Gasteiger partial charge in [0.05, 0.1) is 13.7 Å². The topological polar surface area (TPSA) is 61.8 Å². The molecule has 0 aromatic heterocycles. The molecular formula is C10H18O5. The molecule has 0 amide bonds. The van der Waals surface area contributed by atoms with Gasteiger partial charge in [-0.2, -0.15) is 4.89 Å². The van der Waals surface area contributed by atoms with Crippen LogP contribution in [0.5, 0.6) is 0 Å². The molecule has 0 aliphatic rings. The van der Waals surface area contributed by atoms with Crippen molar-refractivity contribution in [3.63, 3.8) is 0 Å². The van der Waals surface area contributed by atoms with Gasteiger partial charge in [-0.05, 0) is 13.3 Å². The van der Waals surface area contributed by atoms with Crippen LogP contribution in [0.2, 0.25) is 0 Å². The zero-order valence-electron chi connectivity index (χ0n) is 9.45. The average Bonchev–Trinajstić information content (AvgIpc) is 2.20. The van der Waals surface area contributed by atoms with Gasteiger partial charge in [0.15, 0.2) is 0 Å². The van der Waals surface area contributed by atoms with Crippen molar-refractivity contribution in [3.05, 3.63) is 12.7 Å². The van der Waals surface area contributed by atoms with Crippen molar-refractivity contribution in [2.24, 2.45) is 0 Å². The maximum absolute atomic E-state index is 10.3. The minimum atomic E-state index is -0.359. The highest BCUT2D eigenvalue weighted by Gasteiger charge is 1.97. The second kappa shape index (κ2) is 12.6. The van der Waals surface area contributed by atoms with E-state index in [1.165, 1.54) is 7.11 Å². The lowest BCUT2D eigenvalue weighted by Crippen LogP contribution is -2.01. The third-order valence-corrected chi connectivity index (χ3v) is 1.08. The number of hydrogen-bond acceptors (Lipinski definition) is 5. The molecule has 0 spiro atoms. The van der Waals surface area contributed by atoms with Gasteiger partial charge in [0.25, 0.3) is 0 Å². The van der Waals surface area contributed by atoms with E-state index in [1.54, 1.807) is 6.92 Å². The molecular weight excluding hydrogens is 200 g/mol. The van der Waals surface area contributed by atoms with Crippen molar-refractivity contribution in [2.75, 3.05) is 13.7 Å². The molecule has 0 aliphatic carbocycles. The van der Waals surface area contributed by atoms with Crippen molar-refractivity contribution in [3.8, 4) is 0 Å². The molecule has 0 radical (unpaired) electrons. The summed E-state index contributed by atoms with van der Waals surface area (Å²) in [7, 11) is 1.31. The van der Waals surface area contributed by atoms with Crippen LogP contribution in [-0.4, -0.2) is 25.7 Å². The largest absolute Gasteiger partial charge is 0.463 e. The number of carbonyl (C=O) groups excluding carboxylic acids is 2. The Morgan fingerprint density at radius 1 is 1.33 bits per heavy atom. The van der Waals surface area contributed by atoms with E-state index in [1.807, 2.05) is 6.92 Å². The summed E-state index contributed by atoms with van der Waals surface area (Å²) in [6, 6.07) is 0. The van der Waals surface area contributed by atoms with Gasteiger partial charge in [-0.25, -0.2) is 9.59 Å². The molecule has 0 aromatic rings. The summed E-state index contributed by atoms with van der Waals surface area (Å²) in [5.41, 5.74) is 0. The smallest absolute Gasteiger partial charge is 0.342 e. The second-order valence-corrected chi connectivity index (χ2v) is 2.33. The minimum absolute atomic E-state index is 0.310. The fraction of sp³-hybridized carbons (Fsp3) is 0.600. The van der Waals surface area contributed by atoms with Crippen molar-refractivity contribution >= 4 is 11.9 Å². The average molecular weight is 218 g/mol. The normalized spacial score (nSPS) is 8.20. The summed E-state index contributed by atoms with van der Waals surface area (Å²) >= 11 is 0. The highest BCUT2D eigenvalue weighted by atomic mass is 17.2. The van der Waals surface area contributed by atoms with Crippen molar-refractivity contribution in [1.82, 2.24) is 0 Å². The summed E-state index contributed by atoms with van der Waals surface area (Å²) in [5, 5.41) is 0. The lowest BCUT2D eigenvalue weighted by atomic mass is 10.3. The zero-order valence-corrected chi connectivity index (χ0v) is 9.45. The SMILES string of the molecule is C=CC(=O)OCC.CCCC(=O)OOC. The van der Waals surface area contributed by atoms with Crippen LogP contribution in [0.3, 0.4) is 0 Å². The molecule has 0 rings (SSSR count). The van der Waals surface area contributed by atoms with E-state index < -0.39 is 0 Å². The summed E-state index contributed by atoms with van der Waals surface area (Å²) < 4.78 is 4.43. The number of esters is 1. The van der Waals surface area contributed by atoms with Crippen LogP contribution in [0, 0.1) is 0 Å². The molecule has 5 nitrogen and oxygen atoms in total. The molecule has 0 saturated heterocycles. The van der Waals surface area contributed by atoms with Crippen molar-refractivity contribution < 1.29 is 24.1 Å². The monoisotopic (exact) mass is 218 g/mol. The van der Waals surface area contributed by atoms with Crippen molar-refractivity contribution in [1.29, 1.82) is 0 Å². The van der Waals surface area contributed by atoms with Gasteiger partial charge in [-0.15, -0.1) is 0 Å². The van der Waals surface area contributed by atoms with E-state index in [2.05, 4.69) is 21.1 Å². The zero-order chi connectivity index (χ0) is 12.1. The maximum Gasteiger partial charge on any atom is 0.342 e. The summed E-state index contributed by atoms with van der Waals surface area (Å²) in [5.74, 6) is -0.669. The van der Waals surface area contributed by atoms with E-state index in [0.717, 1.165) is 12.5 Å². The van der Waals surface area contributed by atoms with Gasteiger partial charge in [0.1, 0.15) is 0 Å². The predicted octanol–water partition coefficient (Wildman–Crippen LogP) is 1.63. The highest BCUT2D eigenvalue weighted by Crippen LogP contribution is 1.89. The van der Waals surface area contributed by atoms with E-state index in [-0.39, 0.29) is 11.9 Å². The Labute approximate surface area is 89.9 Å². The van der Waals surface area contributed by atoms with Crippen LogP contribution in [0.4, 0.5) is 0 Å². The molecule has 0 heterocycles. The van der Waals surface area contributed by atoms with Gasteiger partial charge in [0.2, 0.25) is 0 Å². The molecule has 0 unspecified atom stereocenters. The molecule has 0 atom stereocenters. The van der Waals surface area contributed by atoms with E-state index in [0.29, 0.717) is 13.0 Å². The summed E-state index contributed by atoms with van der Waals surface area (Å²) in [4.78, 5) is 28.6. The lowest BCUT2D eigenvalue weighted by Gasteiger charge is -1.94. The van der Waals surface area contributed by atoms with Gasteiger partial charge in [-0.3, -0.25) is 4.89 Å². The first kappa shape index (κ1) is 16.1. The van der Waals surface area contributed by atoms with Crippen LogP contribution in [0.15, 0.2) is 12.7 Å². The van der Waals surface area contributed by atoms with Gasteiger partial charge < -0.3 is 4.74 Å². The van der Waals surface area contributed by atoms with Crippen molar-refractivity contribution in [2.45, 2.75) is 26.7 Å². The Hall–Kier alpha value is -1.36. The van der Waals surface area contributed by atoms with Gasteiger partial charge in [0, 0.05) is 12.5 Å². The van der Waals surface area contributed by atoms with E-state index >= 15 is 0 Å². The number of ether oxygens (including phenoxy) is 1. The standard InChI is InChI=1S/C5H10O3.C5H8O2/c1-3-4-5(6)8-7-2;1-3-5(6)7-4-2/h3-4H2,1-2H3;3H,1,4H2,2H3. The Morgan fingerprint density at radius 3 is 2.20 bits per heavy atom. The number of carbonyl (C=O) groups is 2. The molecule has 5 heteroatoms. The molecule has 15 heavy (non-hydrogen) atoms. The number of rotatable bonds is 5. The third-order valence-electron chi connectivity index (χ3n) is 1.08. The molecule has 0 aliphatic heterocycles.